The number of aliphatic hydroxyl groups is 1. The van der Waals surface area contributed by atoms with Gasteiger partial charge in [-0.15, -0.1) is 0 Å². The van der Waals surface area contributed by atoms with Crippen molar-refractivity contribution in [1.29, 1.82) is 0 Å². The third-order valence-electron chi connectivity index (χ3n) is 8.86. The number of carbonyl (C=O) groups is 2. The molecule has 0 spiro atoms. The smallest absolute Gasteiger partial charge is 0.220 e. The molecule has 1 atom stereocenters. The summed E-state index contributed by atoms with van der Waals surface area (Å²) in [6, 6.07) is 0. The van der Waals surface area contributed by atoms with Gasteiger partial charge in [0.25, 0.3) is 0 Å². The van der Waals surface area contributed by atoms with Gasteiger partial charge in [0.1, 0.15) is 0 Å². The second kappa shape index (κ2) is 35.4. The molecule has 0 aliphatic rings. The first-order chi connectivity index (χ1) is 21.1. The van der Waals surface area contributed by atoms with Crippen molar-refractivity contribution >= 4 is 11.8 Å². The van der Waals surface area contributed by atoms with E-state index in [0.717, 1.165) is 44.9 Å². The molecule has 256 valence electrons. The van der Waals surface area contributed by atoms with Crippen molar-refractivity contribution in [2.45, 2.75) is 219 Å². The van der Waals surface area contributed by atoms with Gasteiger partial charge in [0.05, 0.1) is 6.10 Å². The van der Waals surface area contributed by atoms with Gasteiger partial charge in [0.15, 0.2) is 0 Å². The monoisotopic (exact) mass is 609 g/mol. The van der Waals surface area contributed by atoms with Crippen LogP contribution in [-0.2, 0) is 9.59 Å². The third-order valence-corrected chi connectivity index (χ3v) is 8.86. The Labute approximate surface area is 268 Å². The topological polar surface area (TPSA) is 78.4 Å². The standard InChI is InChI=1S/C38H76N2O3/c1-3-5-7-9-10-11-12-13-14-15-16-17-21-24-28-32-37(42)39-34-35-40-38(43)33-29-25-22-19-18-20-23-27-31-36(41)30-26-8-6-4-2/h36,41H,3-35H2,1-2H3,(H,39,42)(H,40,43). The number of hydrogen-bond donors (Lipinski definition) is 3. The van der Waals surface area contributed by atoms with Gasteiger partial charge in [-0.1, -0.05) is 174 Å². The van der Waals surface area contributed by atoms with Crippen molar-refractivity contribution in [1.82, 2.24) is 10.6 Å². The number of amides is 2. The maximum absolute atomic E-state index is 12.0. The number of aliphatic hydroxyl groups excluding tert-OH is 1. The molecule has 0 rings (SSSR count). The van der Waals surface area contributed by atoms with E-state index >= 15 is 0 Å². The van der Waals surface area contributed by atoms with E-state index in [1.165, 1.54) is 141 Å². The molecule has 0 saturated heterocycles. The fraction of sp³-hybridized carbons (Fsp3) is 0.947. The lowest BCUT2D eigenvalue weighted by molar-refractivity contribution is -0.123. The van der Waals surface area contributed by atoms with Crippen molar-refractivity contribution in [3.63, 3.8) is 0 Å². The highest BCUT2D eigenvalue weighted by Gasteiger charge is 2.05. The summed E-state index contributed by atoms with van der Waals surface area (Å²) in [5.41, 5.74) is 0. The first kappa shape index (κ1) is 41.9. The molecular formula is C38H76N2O3. The molecule has 5 heteroatoms. The van der Waals surface area contributed by atoms with E-state index in [1.807, 2.05) is 0 Å². The van der Waals surface area contributed by atoms with Gasteiger partial charge in [0, 0.05) is 25.9 Å². The van der Waals surface area contributed by atoms with Crippen LogP contribution in [0.2, 0.25) is 0 Å². The predicted molar refractivity (Wildman–Crippen MR) is 187 cm³/mol. The molecule has 0 aliphatic carbocycles. The van der Waals surface area contributed by atoms with E-state index in [4.69, 9.17) is 0 Å². The molecule has 0 aromatic heterocycles. The molecule has 5 nitrogen and oxygen atoms in total. The molecule has 0 heterocycles. The molecular weight excluding hydrogens is 532 g/mol. The molecule has 0 aliphatic heterocycles. The molecule has 2 amide bonds. The second-order valence-electron chi connectivity index (χ2n) is 13.3. The second-order valence-corrected chi connectivity index (χ2v) is 13.3. The van der Waals surface area contributed by atoms with Crippen LogP contribution in [-0.4, -0.2) is 36.1 Å². The molecule has 0 fully saturated rings. The summed E-state index contributed by atoms with van der Waals surface area (Å²) in [7, 11) is 0. The molecule has 0 saturated carbocycles. The summed E-state index contributed by atoms with van der Waals surface area (Å²) < 4.78 is 0. The van der Waals surface area contributed by atoms with Crippen molar-refractivity contribution in [2.24, 2.45) is 0 Å². The Balaban J connectivity index is 3.31. The molecule has 0 aromatic carbocycles. The maximum Gasteiger partial charge on any atom is 0.220 e. The van der Waals surface area contributed by atoms with Crippen LogP contribution in [0.25, 0.3) is 0 Å². The highest BCUT2D eigenvalue weighted by atomic mass is 16.3. The Bertz CT molecular complexity index is 584. The summed E-state index contributed by atoms with van der Waals surface area (Å²) in [5.74, 6) is 0.215. The minimum atomic E-state index is -0.0945. The summed E-state index contributed by atoms with van der Waals surface area (Å²) in [5, 5.41) is 15.9. The van der Waals surface area contributed by atoms with Crippen molar-refractivity contribution < 1.29 is 14.7 Å². The van der Waals surface area contributed by atoms with Crippen molar-refractivity contribution in [3.8, 4) is 0 Å². The zero-order chi connectivity index (χ0) is 31.5. The third kappa shape index (κ3) is 35.3. The Hall–Kier alpha value is -1.10. The van der Waals surface area contributed by atoms with Gasteiger partial charge < -0.3 is 15.7 Å². The lowest BCUT2D eigenvalue weighted by atomic mass is 10.0. The number of carbonyl (C=O) groups excluding carboxylic acids is 2. The van der Waals surface area contributed by atoms with E-state index in [2.05, 4.69) is 24.5 Å². The van der Waals surface area contributed by atoms with Crippen LogP contribution in [0.1, 0.15) is 213 Å². The van der Waals surface area contributed by atoms with E-state index in [0.29, 0.717) is 25.9 Å². The maximum atomic E-state index is 12.0. The van der Waals surface area contributed by atoms with Gasteiger partial charge in [0.2, 0.25) is 11.8 Å². The molecule has 3 N–H and O–H groups in total. The van der Waals surface area contributed by atoms with Crippen LogP contribution in [0.5, 0.6) is 0 Å². The Morgan fingerprint density at radius 3 is 1.00 bits per heavy atom. The summed E-state index contributed by atoms with van der Waals surface area (Å²) in [6.07, 6.45) is 37.4. The average molecular weight is 609 g/mol. The number of rotatable bonds is 35. The number of unbranched alkanes of at least 4 members (excludes halogenated alkanes) is 24. The minimum Gasteiger partial charge on any atom is -0.393 e. The van der Waals surface area contributed by atoms with E-state index < -0.39 is 0 Å². The van der Waals surface area contributed by atoms with Gasteiger partial charge in [-0.3, -0.25) is 9.59 Å². The van der Waals surface area contributed by atoms with Crippen LogP contribution >= 0.6 is 0 Å². The fourth-order valence-corrected chi connectivity index (χ4v) is 5.91. The lowest BCUT2D eigenvalue weighted by Crippen LogP contribution is -2.34. The molecule has 0 bridgehead atoms. The van der Waals surface area contributed by atoms with Crippen LogP contribution < -0.4 is 10.6 Å². The van der Waals surface area contributed by atoms with Gasteiger partial charge in [-0.05, 0) is 25.7 Å². The highest BCUT2D eigenvalue weighted by molar-refractivity contribution is 5.77. The number of hydrogen-bond acceptors (Lipinski definition) is 3. The van der Waals surface area contributed by atoms with E-state index in [1.54, 1.807) is 0 Å². The zero-order valence-electron chi connectivity index (χ0n) is 29.2. The fourth-order valence-electron chi connectivity index (χ4n) is 5.91. The molecule has 1 unspecified atom stereocenters. The molecule has 0 aromatic rings. The van der Waals surface area contributed by atoms with Gasteiger partial charge in [-0.2, -0.15) is 0 Å². The Morgan fingerprint density at radius 2 is 0.674 bits per heavy atom. The normalized spacial score (nSPS) is 12.0. The summed E-state index contributed by atoms with van der Waals surface area (Å²) in [4.78, 5) is 24.1. The lowest BCUT2D eigenvalue weighted by Gasteiger charge is -2.10. The van der Waals surface area contributed by atoms with Crippen LogP contribution in [0, 0.1) is 0 Å². The molecule has 0 radical (unpaired) electrons. The first-order valence-corrected chi connectivity index (χ1v) is 19.3. The van der Waals surface area contributed by atoms with Crippen LogP contribution in [0.15, 0.2) is 0 Å². The minimum absolute atomic E-state index is 0.0945. The largest absolute Gasteiger partial charge is 0.393 e. The number of nitrogens with one attached hydrogen (secondary N) is 2. The molecule has 43 heavy (non-hydrogen) atoms. The highest BCUT2D eigenvalue weighted by Crippen LogP contribution is 2.15. The van der Waals surface area contributed by atoms with Crippen molar-refractivity contribution in [3.05, 3.63) is 0 Å². The van der Waals surface area contributed by atoms with Crippen molar-refractivity contribution in [2.75, 3.05) is 13.1 Å². The van der Waals surface area contributed by atoms with Crippen LogP contribution in [0.3, 0.4) is 0 Å². The van der Waals surface area contributed by atoms with Gasteiger partial charge in [-0.25, -0.2) is 0 Å². The zero-order valence-corrected chi connectivity index (χ0v) is 29.2. The SMILES string of the molecule is CCCCCCCCCCCCCCCCCC(=O)NCCNC(=O)CCCCCCCCCCC(O)CCCCCC. The van der Waals surface area contributed by atoms with Gasteiger partial charge >= 0.3 is 0 Å². The van der Waals surface area contributed by atoms with E-state index in [-0.39, 0.29) is 17.9 Å². The first-order valence-electron chi connectivity index (χ1n) is 19.3. The summed E-state index contributed by atoms with van der Waals surface area (Å²) in [6.45, 7) is 5.55. The Kier molecular flexibility index (Phi) is 34.5. The quantitative estimate of drug-likeness (QED) is 0.0626. The summed E-state index contributed by atoms with van der Waals surface area (Å²) >= 11 is 0. The van der Waals surface area contributed by atoms with Crippen LogP contribution in [0.4, 0.5) is 0 Å². The predicted octanol–water partition coefficient (Wildman–Crippen LogP) is 10.7. The Morgan fingerprint density at radius 1 is 0.419 bits per heavy atom. The average Bonchev–Trinajstić information content (AvgIpc) is 3.00. The van der Waals surface area contributed by atoms with E-state index in [9.17, 15) is 14.7 Å².